The highest BCUT2D eigenvalue weighted by Crippen LogP contribution is 2.32. The van der Waals surface area contributed by atoms with E-state index in [1.54, 1.807) is 19.0 Å². The lowest BCUT2D eigenvalue weighted by Crippen LogP contribution is -2.26. The molecular weight excluding hydrogens is 226 g/mol. The zero-order chi connectivity index (χ0) is 13.3. The summed E-state index contributed by atoms with van der Waals surface area (Å²) in [6, 6.07) is 7.47. The van der Waals surface area contributed by atoms with E-state index in [1.165, 1.54) is 0 Å². The maximum atomic E-state index is 11.9. The number of carbonyl (C=O) groups is 2. The Balaban J connectivity index is 2.11. The first kappa shape index (κ1) is 12.8. The SMILES string of the molecule is CC(C(=O)N(C)C)c1ccc(C(=O)C2CC2)cc1. The summed E-state index contributed by atoms with van der Waals surface area (Å²) in [5.41, 5.74) is 1.73. The van der Waals surface area contributed by atoms with Crippen LogP contribution >= 0.6 is 0 Å². The number of nitrogens with zero attached hydrogens (tertiary/aromatic N) is 1. The molecule has 1 aliphatic rings. The van der Waals surface area contributed by atoms with E-state index in [4.69, 9.17) is 0 Å². The molecule has 3 heteroatoms. The molecule has 1 aromatic carbocycles. The van der Waals surface area contributed by atoms with Crippen molar-refractivity contribution in [2.24, 2.45) is 5.92 Å². The van der Waals surface area contributed by atoms with E-state index in [0.29, 0.717) is 0 Å². The molecule has 1 aromatic rings. The van der Waals surface area contributed by atoms with Gasteiger partial charge in [0.15, 0.2) is 5.78 Å². The maximum absolute atomic E-state index is 11.9. The molecule has 0 spiro atoms. The summed E-state index contributed by atoms with van der Waals surface area (Å²) >= 11 is 0. The minimum atomic E-state index is -0.162. The van der Waals surface area contributed by atoms with Crippen molar-refractivity contribution in [2.75, 3.05) is 14.1 Å². The number of hydrogen-bond donors (Lipinski definition) is 0. The fraction of sp³-hybridized carbons (Fsp3) is 0.467. The van der Waals surface area contributed by atoms with Gasteiger partial charge in [0.05, 0.1) is 5.92 Å². The Hall–Kier alpha value is -1.64. The molecule has 1 fully saturated rings. The minimum absolute atomic E-state index is 0.0799. The van der Waals surface area contributed by atoms with Gasteiger partial charge in [-0.1, -0.05) is 24.3 Å². The monoisotopic (exact) mass is 245 g/mol. The van der Waals surface area contributed by atoms with Gasteiger partial charge in [-0.15, -0.1) is 0 Å². The molecule has 1 aliphatic carbocycles. The van der Waals surface area contributed by atoms with Crippen molar-refractivity contribution >= 4 is 11.7 Å². The van der Waals surface area contributed by atoms with Crippen molar-refractivity contribution in [3.05, 3.63) is 35.4 Å². The molecule has 0 saturated heterocycles. The number of Topliss-reactive ketones (excluding diaryl/α,β-unsaturated/α-hetero) is 1. The van der Waals surface area contributed by atoms with Crippen molar-refractivity contribution in [1.29, 1.82) is 0 Å². The zero-order valence-electron chi connectivity index (χ0n) is 11.1. The highest BCUT2D eigenvalue weighted by atomic mass is 16.2. The maximum Gasteiger partial charge on any atom is 0.229 e. The van der Waals surface area contributed by atoms with Crippen LogP contribution in [-0.2, 0) is 4.79 Å². The third-order valence-corrected chi connectivity index (χ3v) is 3.45. The van der Waals surface area contributed by atoms with Crippen LogP contribution in [-0.4, -0.2) is 30.7 Å². The van der Waals surface area contributed by atoms with E-state index in [9.17, 15) is 9.59 Å². The van der Waals surface area contributed by atoms with Gasteiger partial charge in [0, 0.05) is 25.6 Å². The molecule has 0 N–H and O–H groups in total. The molecule has 0 bridgehead atoms. The molecule has 0 radical (unpaired) electrons. The number of carbonyl (C=O) groups excluding carboxylic acids is 2. The molecular formula is C15H19NO2. The van der Waals surface area contributed by atoms with Gasteiger partial charge < -0.3 is 4.90 Å². The van der Waals surface area contributed by atoms with E-state index in [-0.39, 0.29) is 23.5 Å². The lowest BCUT2D eigenvalue weighted by atomic mass is 9.97. The van der Waals surface area contributed by atoms with Gasteiger partial charge in [-0.2, -0.15) is 0 Å². The largest absolute Gasteiger partial charge is 0.348 e. The molecule has 1 saturated carbocycles. The number of ketones is 1. The van der Waals surface area contributed by atoms with Crippen molar-refractivity contribution in [2.45, 2.75) is 25.7 Å². The van der Waals surface area contributed by atoms with Crippen LogP contribution in [0.5, 0.6) is 0 Å². The number of rotatable bonds is 4. The number of hydrogen-bond acceptors (Lipinski definition) is 2. The Morgan fingerprint density at radius 3 is 2.17 bits per heavy atom. The van der Waals surface area contributed by atoms with Gasteiger partial charge in [-0.3, -0.25) is 9.59 Å². The second-order valence-corrected chi connectivity index (χ2v) is 5.21. The topological polar surface area (TPSA) is 37.4 Å². The fourth-order valence-corrected chi connectivity index (χ4v) is 2.05. The summed E-state index contributed by atoms with van der Waals surface area (Å²) in [6.07, 6.45) is 2.05. The Bertz CT molecular complexity index is 458. The van der Waals surface area contributed by atoms with E-state index in [0.717, 1.165) is 24.0 Å². The van der Waals surface area contributed by atoms with Crippen LogP contribution in [0.4, 0.5) is 0 Å². The molecule has 2 rings (SSSR count). The predicted molar refractivity (Wildman–Crippen MR) is 70.6 cm³/mol. The lowest BCUT2D eigenvalue weighted by molar-refractivity contribution is -0.129. The number of likely N-dealkylation sites (N-methyl/N-ethyl adjacent to an activating group) is 1. The van der Waals surface area contributed by atoms with Crippen LogP contribution in [0.15, 0.2) is 24.3 Å². The van der Waals surface area contributed by atoms with Crippen LogP contribution in [0, 0.1) is 5.92 Å². The second-order valence-electron chi connectivity index (χ2n) is 5.21. The van der Waals surface area contributed by atoms with E-state index >= 15 is 0 Å². The van der Waals surface area contributed by atoms with Crippen LogP contribution in [0.1, 0.15) is 41.6 Å². The fourth-order valence-electron chi connectivity index (χ4n) is 2.05. The average molecular weight is 245 g/mol. The standard InChI is InChI=1S/C15H19NO2/c1-10(15(18)16(2)3)11-4-6-12(7-5-11)14(17)13-8-9-13/h4-7,10,13H,8-9H2,1-3H3. The van der Waals surface area contributed by atoms with Gasteiger partial charge in [-0.25, -0.2) is 0 Å². The zero-order valence-corrected chi connectivity index (χ0v) is 11.1. The van der Waals surface area contributed by atoms with Gasteiger partial charge in [-0.05, 0) is 25.3 Å². The quantitative estimate of drug-likeness (QED) is 0.764. The Morgan fingerprint density at radius 2 is 1.72 bits per heavy atom. The first-order valence-electron chi connectivity index (χ1n) is 6.36. The van der Waals surface area contributed by atoms with Crippen molar-refractivity contribution in [3.8, 4) is 0 Å². The summed E-state index contributed by atoms with van der Waals surface area (Å²) in [4.78, 5) is 25.3. The molecule has 3 nitrogen and oxygen atoms in total. The van der Waals surface area contributed by atoms with Crippen LogP contribution in [0.2, 0.25) is 0 Å². The van der Waals surface area contributed by atoms with Crippen LogP contribution in [0.3, 0.4) is 0 Å². The average Bonchev–Trinajstić information content (AvgIpc) is 3.20. The Kier molecular flexibility index (Phi) is 3.50. The lowest BCUT2D eigenvalue weighted by Gasteiger charge is -2.17. The summed E-state index contributed by atoms with van der Waals surface area (Å²) < 4.78 is 0. The summed E-state index contributed by atoms with van der Waals surface area (Å²) in [7, 11) is 3.51. The minimum Gasteiger partial charge on any atom is -0.348 e. The molecule has 1 amide bonds. The first-order valence-corrected chi connectivity index (χ1v) is 6.36. The normalized spacial score (nSPS) is 16.2. The summed E-state index contributed by atoms with van der Waals surface area (Å²) in [6.45, 7) is 1.89. The Labute approximate surface area is 108 Å². The molecule has 96 valence electrons. The number of benzene rings is 1. The third kappa shape index (κ3) is 2.61. The molecule has 18 heavy (non-hydrogen) atoms. The first-order chi connectivity index (χ1) is 8.50. The molecule has 1 atom stereocenters. The predicted octanol–water partition coefficient (Wildman–Crippen LogP) is 2.47. The van der Waals surface area contributed by atoms with Crippen LogP contribution < -0.4 is 0 Å². The van der Waals surface area contributed by atoms with E-state index in [2.05, 4.69) is 0 Å². The highest BCUT2D eigenvalue weighted by Gasteiger charge is 2.30. The van der Waals surface area contributed by atoms with Gasteiger partial charge in [0.1, 0.15) is 0 Å². The highest BCUT2D eigenvalue weighted by molar-refractivity contribution is 5.99. The van der Waals surface area contributed by atoms with E-state index < -0.39 is 0 Å². The van der Waals surface area contributed by atoms with E-state index in [1.807, 2.05) is 31.2 Å². The second kappa shape index (κ2) is 4.92. The van der Waals surface area contributed by atoms with Crippen molar-refractivity contribution in [3.63, 3.8) is 0 Å². The third-order valence-electron chi connectivity index (χ3n) is 3.45. The smallest absolute Gasteiger partial charge is 0.229 e. The molecule has 1 unspecified atom stereocenters. The molecule has 0 aromatic heterocycles. The van der Waals surface area contributed by atoms with Gasteiger partial charge in [0.25, 0.3) is 0 Å². The van der Waals surface area contributed by atoms with Gasteiger partial charge >= 0.3 is 0 Å². The van der Waals surface area contributed by atoms with Crippen molar-refractivity contribution in [1.82, 2.24) is 4.90 Å². The summed E-state index contributed by atoms with van der Waals surface area (Å²) in [5, 5.41) is 0. The molecule has 0 aliphatic heterocycles. The van der Waals surface area contributed by atoms with Gasteiger partial charge in [0.2, 0.25) is 5.91 Å². The van der Waals surface area contributed by atoms with Crippen LogP contribution in [0.25, 0.3) is 0 Å². The Morgan fingerprint density at radius 1 is 1.17 bits per heavy atom. The summed E-state index contributed by atoms with van der Waals surface area (Å²) in [5.74, 6) is 0.408. The van der Waals surface area contributed by atoms with Crippen molar-refractivity contribution < 1.29 is 9.59 Å². The molecule has 0 heterocycles. The number of amides is 1.